The molecule has 2 amide bonds. The molecule has 4 rings (SSSR count). The number of esters is 2. The summed E-state index contributed by atoms with van der Waals surface area (Å²) in [6, 6.07) is 21.4. The van der Waals surface area contributed by atoms with E-state index in [9.17, 15) is 19.2 Å². The molecule has 1 aliphatic rings. The van der Waals surface area contributed by atoms with E-state index in [4.69, 9.17) is 9.47 Å². The van der Waals surface area contributed by atoms with E-state index < -0.39 is 36.0 Å². The van der Waals surface area contributed by atoms with Gasteiger partial charge in [-0.1, -0.05) is 54.1 Å². The average molecular weight is 443 g/mol. The minimum absolute atomic E-state index is 0.204. The van der Waals surface area contributed by atoms with Gasteiger partial charge in [0.1, 0.15) is 0 Å². The molecule has 2 atom stereocenters. The molecule has 1 aliphatic heterocycles. The van der Waals surface area contributed by atoms with Crippen LogP contribution < -0.4 is 4.90 Å². The number of hydrogen-bond donors (Lipinski definition) is 0. The Hall–Kier alpha value is -4.26. The Bertz CT molecular complexity index is 1150. The highest BCUT2D eigenvalue weighted by Crippen LogP contribution is 2.30. The lowest BCUT2D eigenvalue weighted by atomic mass is 10.1. The Kier molecular flexibility index (Phi) is 6.04. The maximum absolute atomic E-state index is 13.3. The zero-order valence-electron chi connectivity index (χ0n) is 18.1. The highest BCUT2D eigenvalue weighted by atomic mass is 16.6. The summed E-state index contributed by atoms with van der Waals surface area (Å²) in [5, 5.41) is 0. The van der Waals surface area contributed by atoms with Crippen LogP contribution in [0.4, 0.5) is 5.69 Å². The molecular weight excluding hydrogens is 422 g/mol. The molecule has 1 fully saturated rings. The number of rotatable bonds is 5. The molecule has 0 radical (unpaired) electrons. The van der Waals surface area contributed by atoms with Crippen molar-refractivity contribution in [1.29, 1.82) is 0 Å². The zero-order valence-corrected chi connectivity index (χ0v) is 18.1. The summed E-state index contributed by atoms with van der Waals surface area (Å²) in [4.78, 5) is 52.8. The van der Waals surface area contributed by atoms with Gasteiger partial charge in [-0.15, -0.1) is 0 Å². The fourth-order valence-corrected chi connectivity index (χ4v) is 3.66. The maximum Gasteiger partial charge on any atom is 0.339 e. The largest absolute Gasteiger partial charge is 0.444 e. The molecule has 33 heavy (non-hydrogen) atoms. The van der Waals surface area contributed by atoms with E-state index in [1.807, 2.05) is 13.0 Å². The molecule has 0 spiro atoms. The van der Waals surface area contributed by atoms with Crippen molar-refractivity contribution in [1.82, 2.24) is 0 Å². The van der Waals surface area contributed by atoms with Crippen LogP contribution in [-0.2, 0) is 19.1 Å². The fourth-order valence-electron chi connectivity index (χ4n) is 3.66. The Morgan fingerprint density at radius 1 is 0.697 bits per heavy atom. The van der Waals surface area contributed by atoms with Crippen LogP contribution in [-0.4, -0.2) is 36.0 Å². The van der Waals surface area contributed by atoms with Crippen molar-refractivity contribution in [3.63, 3.8) is 0 Å². The van der Waals surface area contributed by atoms with Gasteiger partial charge in [0.2, 0.25) is 12.2 Å². The number of carbonyl (C=O) groups is 4. The molecule has 0 unspecified atom stereocenters. The smallest absolute Gasteiger partial charge is 0.339 e. The van der Waals surface area contributed by atoms with Gasteiger partial charge in [-0.2, -0.15) is 0 Å². The quantitative estimate of drug-likeness (QED) is 0.442. The third kappa shape index (κ3) is 4.39. The van der Waals surface area contributed by atoms with E-state index in [2.05, 4.69) is 0 Å². The lowest BCUT2D eigenvalue weighted by Gasteiger charge is -2.17. The molecule has 0 bridgehead atoms. The van der Waals surface area contributed by atoms with Crippen molar-refractivity contribution in [3.05, 3.63) is 101 Å². The third-order valence-corrected chi connectivity index (χ3v) is 5.28. The van der Waals surface area contributed by atoms with Crippen molar-refractivity contribution in [2.45, 2.75) is 26.1 Å². The molecular formula is C26H21NO6. The highest BCUT2D eigenvalue weighted by molar-refractivity contribution is 6.25. The highest BCUT2D eigenvalue weighted by Gasteiger charge is 2.53. The number of anilines is 1. The second kappa shape index (κ2) is 9.08. The van der Waals surface area contributed by atoms with Crippen molar-refractivity contribution in [3.8, 4) is 0 Å². The van der Waals surface area contributed by atoms with E-state index in [1.165, 1.54) is 24.3 Å². The normalized spacial score (nSPS) is 17.7. The molecule has 166 valence electrons. The van der Waals surface area contributed by atoms with Gasteiger partial charge in [0.25, 0.3) is 11.8 Å². The van der Waals surface area contributed by atoms with Crippen LogP contribution in [0.2, 0.25) is 0 Å². The standard InChI is InChI=1S/C26H21NO6/c1-16-13-14-20(17(2)15-16)27-23(28)21(32-25(30)18-9-5-3-6-10-18)22(24(27)29)33-26(31)19-11-7-4-8-12-19/h3-15,21-22H,1-2H3/t21-,22-/m1/s1. The van der Waals surface area contributed by atoms with E-state index in [0.29, 0.717) is 11.3 Å². The first-order valence-electron chi connectivity index (χ1n) is 10.3. The van der Waals surface area contributed by atoms with Crippen LogP contribution in [0.15, 0.2) is 78.9 Å². The monoisotopic (exact) mass is 443 g/mol. The first-order valence-corrected chi connectivity index (χ1v) is 10.3. The number of imide groups is 1. The number of aryl methyl sites for hydroxylation is 2. The number of amides is 2. The molecule has 7 nitrogen and oxygen atoms in total. The fraction of sp³-hybridized carbons (Fsp3) is 0.154. The molecule has 0 saturated carbocycles. The van der Waals surface area contributed by atoms with Gasteiger partial charge in [0.05, 0.1) is 16.8 Å². The molecule has 0 aliphatic carbocycles. The first kappa shape index (κ1) is 22.0. The average Bonchev–Trinajstić information content (AvgIpc) is 3.04. The van der Waals surface area contributed by atoms with E-state index >= 15 is 0 Å². The predicted octanol–water partition coefficient (Wildman–Crippen LogP) is 3.63. The summed E-state index contributed by atoms with van der Waals surface area (Å²) in [5.74, 6) is -3.15. The lowest BCUT2D eigenvalue weighted by Crippen LogP contribution is -2.37. The van der Waals surface area contributed by atoms with E-state index in [-0.39, 0.29) is 11.1 Å². The molecule has 3 aromatic rings. The molecule has 0 aromatic heterocycles. The van der Waals surface area contributed by atoms with Crippen LogP contribution in [0, 0.1) is 13.8 Å². The van der Waals surface area contributed by atoms with E-state index in [1.54, 1.807) is 55.5 Å². The summed E-state index contributed by atoms with van der Waals surface area (Å²) in [6.07, 6.45) is -3.22. The predicted molar refractivity (Wildman–Crippen MR) is 120 cm³/mol. The summed E-state index contributed by atoms with van der Waals surface area (Å²) >= 11 is 0. The molecule has 3 aromatic carbocycles. The number of benzene rings is 3. The van der Waals surface area contributed by atoms with Crippen molar-refractivity contribution in [2.24, 2.45) is 0 Å². The number of ether oxygens (including phenoxy) is 2. The van der Waals surface area contributed by atoms with Gasteiger partial charge in [-0.3, -0.25) is 9.59 Å². The number of nitrogens with zero attached hydrogens (tertiary/aromatic N) is 1. The van der Waals surface area contributed by atoms with Crippen LogP contribution in [0.1, 0.15) is 31.8 Å². The van der Waals surface area contributed by atoms with Gasteiger partial charge in [0.15, 0.2) is 0 Å². The minimum Gasteiger partial charge on any atom is -0.444 e. The summed E-state index contributed by atoms with van der Waals surface area (Å²) < 4.78 is 10.8. The molecule has 7 heteroatoms. The van der Waals surface area contributed by atoms with Crippen molar-refractivity contribution in [2.75, 3.05) is 4.90 Å². The van der Waals surface area contributed by atoms with Gasteiger partial charge in [-0.25, -0.2) is 14.5 Å². The van der Waals surface area contributed by atoms with Crippen LogP contribution in [0.5, 0.6) is 0 Å². The van der Waals surface area contributed by atoms with Gasteiger partial charge < -0.3 is 9.47 Å². The second-order valence-electron chi connectivity index (χ2n) is 7.69. The number of carbonyl (C=O) groups excluding carboxylic acids is 4. The van der Waals surface area contributed by atoms with Crippen LogP contribution >= 0.6 is 0 Å². The lowest BCUT2D eigenvalue weighted by molar-refractivity contribution is -0.130. The van der Waals surface area contributed by atoms with Crippen molar-refractivity contribution < 1.29 is 28.7 Å². The Labute approximate surface area is 190 Å². The third-order valence-electron chi connectivity index (χ3n) is 5.28. The van der Waals surface area contributed by atoms with Crippen LogP contribution in [0.25, 0.3) is 0 Å². The Balaban J connectivity index is 1.68. The number of hydrogen-bond acceptors (Lipinski definition) is 6. The Morgan fingerprint density at radius 2 is 1.15 bits per heavy atom. The van der Waals surface area contributed by atoms with Gasteiger partial charge in [0, 0.05) is 0 Å². The minimum atomic E-state index is -1.61. The van der Waals surface area contributed by atoms with Crippen molar-refractivity contribution >= 4 is 29.4 Å². The molecule has 0 N–H and O–H groups in total. The van der Waals surface area contributed by atoms with Gasteiger partial charge >= 0.3 is 11.9 Å². The summed E-state index contributed by atoms with van der Waals surface area (Å²) in [7, 11) is 0. The molecule has 1 saturated heterocycles. The summed E-state index contributed by atoms with van der Waals surface area (Å²) in [6.45, 7) is 3.65. The topological polar surface area (TPSA) is 90.0 Å². The SMILES string of the molecule is Cc1ccc(N2C(=O)[C@H](OC(=O)c3ccccc3)[C@@H](OC(=O)c3ccccc3)C2=O)c(C)c1. The second-order valence-corrected chi connectivity index (χ2v) is 7.69. The summed E-state index contributed by atoms with van der Waals surface area (Å²) in [5.41, 5.74) is 2.38. The van der Waals surface area contributed by atoms with E-state index in [0.717, 1.165) is 10.5 Å². The Morgan fingerprint density at radius 3 is 1.58 bits per heavy atom. The first-order chi connectivity index (χ1) is 15.9. The van der Waals surface area contributed by atoms with Crippen LogP contribution in [0.3, 0.4) is 0 Å². The van der Waals surface area contributed by atoms with Gasteiger partial charge in [-0.05, 0) is 49.7 Å². The molecule has 1 heterocycles. The zero-order chi connectivity index (χ0) is 23.5. The maximum atomic E-state index is 13.3.